The Morgan fingerprint density at radius 2 is 2.10 bits per heavy atom. The summed E-state index contributed by atoms with van der Waals surface area (Å²) in [6, 6.07) is 3.20. The molecule has 0 aliphatic carbocycles. The summed E-state index contributed by atoms with van der Waals surface area (Å²) in [6.07, 6.45) is -6.00. The molecule has 0 aromatic heterocycles. The zero-order chi connectivity index (χ0) is 15.3. The Balaban J connectivity index is 3.09. The van der Waals surface area contributed by atoms with Crippen molar-refractivity contribution in [2.45, 2.75) is 12.5 Å². The van der Waals surface area contributed by atoms with Gasteiger partial charge in [-0.25, -0.2) is 4.79 Å². The molecule has 3 N–H and O–H groups in total. The number of aliphatic hydroxyl groups is 1. The van der Waals surface area contributed by atoms with Crippen molar-refractivity contribution >= 4 is 23.3 Å². The van der Waals surface area contributed by atoms with Crippen molar-refractivity contribution in [3.8, 4) is 5.75 Å². The lowest BCUT2D eigenvalue weighted by Gasteiger charge is -2.17. The van der Waals surface area contributed by atoms with Gasteiger partial charge in [0.1, 0.15) is 0 Å². The van der Waals surface area contributed by atoms with E-state index >= 15 is 0 Å². The third-order valence-corrected chi connectivity index (χ3v) is 2.53. The highest BCUT2D eigenvalue weighted by molar-refractivity contribution is 6.18. The normalized spacial score (nSPS) is 12.8. The lowest BCUT2D eigenvalue weighted by Crippen LogP contribution is -2.24. The molecular formula is C11H11ClF3NO4. The second-order valence-electron chi connectivity index (χ2n) is 3.72. The van der Waals surface area contributed by atoms with E-state index in [0.29, 0.717) is 0 Å². The predicted molar refractivity (Wildman–Crippen MR) is 65.3 cm³/mol. The monoisotopic (exact) mass is 313 g/mol. The maximum atomic E-state index is 12.3. The van der Waals surface area contributed by atoms with Gasteiger partial charge in [-0.3, -0.25) is 0 Å². The number of hydrogen-bond acceptors (Lipinski definition) is 4. The highest BCUT2D eigenvalue weighted by atomic mass is 35.5. The highest BCUT2D eigenvalue weighted by Crippen LogP contribution is 2.33. The van der Waals surface area contributed by atoms with E-state index in [1.54, 1.807) is 0 Å². The Morgan fingerprint density at radius 1 is 1.45 bits per heavy atom. The second kappa shape index (κ2) is 6.67. The van der Waals surface area contributed by atoms with E-state index in [1.807, 2.05) is 0 Å². The highest BCUT2D eigenvalue weighted by Gasteiger charge is 2.33. The number of aromatic carboxylic acids is 1. The van der Waals surface area contributed by atoms with Gasteiger partial charge in [0, 0.05) is 6.54 Å². The number of ether oxygens (including phenoxy) is 1. The summed E-state index contributed by atoms with van der Waals surface area (Å²) in [5, 5.41) is 20.6. The van der Waals surface area contributed by atoms with Crippen molar-refractivity contribution in [2.75, 3.05) is 17.7 Å². The third kappa shape index (κ3) is 4.78. The molecule has 0 saturated carbocycles. The smallest absolute Gasteiger partial charge is 0.478 e. The van der Waals surface area contributed by atoms with Gasteiger partial charge in [0.05, 0.1) is 23.2 Å². The molecule has 1 aromatic carbocycles. The van der Waals surface area contributed by atoms with E-state index in [-0.39, 0.29) is 18.1 Å². The van der Waals surface area contributed by atoms with Crippen molar-refractivity contribution in [1.29, 1.82) is 0 Å². The van der Waals surface area contributed by atoms with Gasteiger partial charge >= 0.3 is 12.3 Å². The van der Waals surface area contributed by atoms with Crippen LogP contribution in [0, 0.1) is 0 Å². The summed E-state index contributed by atoms with van der Waals surface area (Å²) in [4.78, 5) is 11.0. The first-order chi connectivity index (χ1) is 9.24. The Hall–Kier alpha value is -1.67. The summed E-state index contributed by atoms with van der Waals surface area (Å²) in [5.41, 5.74) is -0.782. The van der Waals surface area contributed by atoms with E-state index in [4.69, 9.17) is 16.7 Å². The Morgan fingerprint density at radius 3 is 2.60 bits per heavy atom. The van der Waals surface area contributed by atoms with Crippen molar-refractivity contribution in [2.24, 2.45) is 0 Å². The van der Waals surface area contributed by atoms with Crippen LogP contribution in [0.2, 0.25) is 0 Å². The van der Waals surface area contributed by atoms with Gasteiger partial charge in [-0.15, -0.1) is 24.8 Å². The summed E-state index contributed by atoms with van der Waals surface area (Å²) >= 11 is 5.35. The van der Waals surface area contributed by atoms with Crippen LogP contribution in [-0.2, 0) is 0 Å². The lowest BCUT2D eigenvalue weighted by atomic mass is 10.1. The van der Waals surface area contributed by atoms with Gasteiger partial charge in [-0.05, 0) is 12.1 Å². The van der Waals surface area contributed by atoms with Gasteiger partial charge in [-0.1, -0.05) is 6.07 Å². The fraction of sp³-hybridized carbons (Fsp3) is 0.364. The fourth-order valence-corrected chi connectivity index (χ4v) is 1.48. The van der Waals surface area contributed by atoms with Crippen LogP contribution in [-0.4, -0.2) is 41.1 Å². The Bertz CT molecular complexity index is 481. The van der Waals surface area contributed by atoms with Crippen LogP contribution in [0.5, 0.6) is 5.75 Å². The van der Waals surface area contributed by atoms with E-state index in [2.05, 4.69) is 10.1 Å². The zero-order valence-corrected chi connectivity index (χ0v) is 10.7. The van der Waals surface area contributed by atoms with Crippen molar-refractivity contribution in [3.63, 3.8) is 0 Å². The standard InChI is InChI=1S/C11H11ClF3NO4/c12-4-6(17)5-16-9-7(10(18)19)2-1-3-8(9)20-11(13,14)15/h1-3,6,16-17H,4-5H2,(H,18,19). The van der Waals surface area contributed by atoms with Crippen LogP contribution in [0.3, 0.4) is 0 Å². The number of carbonyl (C=O) groups is 1. The first-order valence-corrected chi connectivity index (χ1v) is 5.88. The van der Waals surface area contributed by atoms with Crippen LogP contribution in [0.25, 0.3) is 0 Å². The first-order valence-electron chi connectivity index (χ1n) is 5.34. The molecule has 1 unspecified atom stereocenters. The SMILES string of the molecule is O=C(O)c1cccc(OC(F)(F)F)c1NCC(O)CCl. The molecule has 0 saturated heterocycles. The van der Waals surface area contributed by atoms with Crippen LogP contribution < -0.4 is 10.1 Å². The number of alkyl halides is 4. The number of rotatable bonds is 6. The van der Waals surface area contributed by atoms with Gasteiger partial charge in [0.15, 0.2) is 5.75 Å². The molecule has 0 radical (unpaired) electrons. The molecule has 1 aromatic rings. The number of benzene rings is 1. The molecule has 0 heterocycles. The minimum atomic E-state index is -4.96. The number of carboxylic acid groups (broad SMARTS) is 1. The molecule has 5 nitrogen and oxygen atoms in total. The molecule has 0 spiro atoms. The average Bonchev–Trinajstić information content (AvgIpc) is 2.34. The fourth-order valence-electron chi connectivity index (χ4n) is 1.38. The quantitative estimate of drug-likeness (QED) is 0.702. The summed E-state index contributed by atoms with van der Waals surface area (Å²) < 4.78 is 40.5. The molecule has 1 rings (SSSR count). The number of halogens is 4. The van der Waals surface area contributed by atoms with Crippen LogP contribution in [0.15, 0.2) is 18.2 Å². The van der Waals surface area contributed by atoms with Gasteiger partial charge in [-0.2, -0.15) is 0 Å². The number of anilines is 1. The molecule has 20 heavy (non-hydrogen) atoms. The lowest BCUT2D eigenvalue weighted by molar-refractivity contribution is -0.274. The minimum Gasteiger partial charge on any atom is -0.478 e. The zero-order valence-electron chi connectivity index (χ0n) is 9.95. The number of nitrogens with one attached hydrogen (secondary N) is 1. The van der Waals surface area contributed by atoms with Crippen molar-refractivity contribution < 1.29 is 32.9 Å². The minimum absolute atomic E-state index is 0.155. The van der Waals surface area contributed by atoms with Crippen molar-refractivity contribution in [1.82, 2.24) is 0 Å². The van der Waals surface area contributed by atoms with Gasteiger partial charge < -0.3 is 20.3 Å². The third-order valence-electron chi connectivity index (χ3n) is 2.17. The average molecular weight is 314 g/mol. The maximum Gasteiger partial charge on any atom is 0.573 e. The molecule has 0 fully saturated rings. The molecule has 112 valence electrons. The van der Waals surface area contributed by atoms with E-state index < -0.39 is 29.7 Å². The van der Waals surface area contributed by atoms with Gasteiger partial charge in [0.25, 0.3) is 0 Å². The molecule has 9 heteroatoms. The number of para-hydroxylation sites is 1. The number of carboxylic acids is 1. The van der Waals surface area contributed by atoms with E-state index in [1.165, 1.54) is 0 Å². The van der Waals surface area contributed by atoms with Crippen LogP contribution in [0.4, 0.5) is 18.9 Å². The molecule has 1 atom stereocenters. The maximum absolute atomic E-state index is 12.3. The summed E-state index contributed by atoms with van der Waals surface area (Å²) in [6.45, 7) is -0.220. The second-order valence-corrected chi connectivity index (χ2v) is 4.03. The molecule has 0 aliphatic heterocycles. The van der Waals surface area contributed by atoms with E-state index in [0.717, 1.165) is 18.2 Å². The summed E-state index contributed by atoms with van der Waals surface area (Å²) in [7, 11) is 0. The largest absolute Gasteiger partial charge is 0.573 e. The van der Waals surface area contributed by atoms with Crippen LogP contribution in [0.1, 0.15) is 10.4 Å². The molecule has 0 amide bonds. The number of hydrogen-bond donors (Lipinski definition) is 3. The Labute approximate surface area is 116 Å². The number of aliphatic hydroxyl groups excluding tert-OH is 1. The van der Waals surface area contributed by atoms with Crippen LogP contribution >= 0.6 is 11.6 Å². The molecule has 0 bridgehead atoms. The van der Waals surface area contributed by atoms with Gasteiger partial charge in [0.2, 0.25) is 0 Å². The topological polar surface area (TPSA) is 78.8 Å². The first kappa shape index (κ1) is 16.4. The molecule has 0 aliphatic rings. The molecular weight excluding hydrogens is 303 g/mol. The Kier molecular flexibility index (Phi) is 5.46. The van der Waals surface area contributed by atoms with E-state index in [9.17, 15) is 23.1 Å². The predicted octanol–water partition coefficient (Wildman–Crippen LogP) is 2.29. The van der Waals surface area contributed by atoms with Crippen molar-refractivity contribution in [3.05, 3.63) is 23.8 Å². The summed E-state index contributed by atoms with van der Waals surface area (Å²) in [5.74, 6) is -2.28.